The number of thioether (sulfide) groups is 1. The Kier molecular flexibility index (Phi) is 7.84. The second-order valence-electron chi connectivity index (χ2n) is 8.27. The fourth-order valence-corrected chi connectivity index (χ4v) is 5.63. The van der Waals surface area contributed by atoms with Crippen molar-refractivity contribution in [3.63, 3.8) is 0 Å². The van der Waals surface area contributed by atoms with Crippen LogP contribution in [-0.2, 0) is 20.7 Å². The maximum absolute atomic E-state index is 11.5. The number of hydrogen-bond acceptors (Lipinski definition) is 4. The molecule has 0 amide bonds. The van der Waals surface area contributed by atoms with Gasteiger partial charge in [0.05, 0.1) is 18.3 Å². The first-order valence-corrected chi connectivity index (χ1v) is 12.2. The van der Waals surface area contributed by atoms with Crippen LogP contribution in [0.3, 0.4) is 0 Å². The molecule has 4 aromatic carbocycles. The predicted molar refractivity (Wildman–Crippen MR) is 140 cm³/mol. The predicted octanol–water partition coefficient (Wildman–Crippen LogP) is 6.20. The number of benzene rings is 4. The van der Waals surface area contributed by atoms with Crippen molar-refractivity contribution >= 4 is 17.7 Å². The lowest BCUT2D eigenvalue weighted by Crippen LogP contribution is -2.26. The molecule has 0 aliphatic carbocycles. The lowest BCUT2D eigenvalue weighted by molar-refractivity contribution is -0.140. The molecule has 1 atom stereocenters. The van der Waals surface area contributed by atoms with Crippen LogP contribution in [0.25, 0.3) is 0 Å². The third-order valence-corrected chi connectivity index (χ3v) is 7.41. The minimum Gasteiger partial charge on any atom is -0.469 e. The summed E-state index contributed by atoms with van der Waals surface area (Å²) >= 11 is 1.83. The van der Waals surface area contributed by atoms with Crippen LogP contribution in [0.2, 0.25) is 0 Å². The fraction of sp³-hybridized carbons (Fsp3) is 0.167. The molecule has 172 valence electrons. The SMILES string of the molecule is COC(=O)C[C@@H](N)Cc1ccc(SC(c2ccccc2)(c2ccccc2)c2ccccc2)cc1. The Labute approximate surface area is 206 Å². The van der Waals surface area contributed by atoms with E-state index in [0.717, 1.165) is 10.5 Å². The number of carbonyl (C=O) groups is 1. The highest BCUT2D eigenvalue weighted by molar-refractivity contribution is 8.00. The normalized spacial score (nSPS) is 12.2. The van der Waals surface area contributed by atoms with Crippen molar-refractivity contribution in [2.24, 2.45) is 5.73 Å². The van der Waals surface area contributed by atoms with Crippen molar-refractivity contribution < 1.29 is 9.53 Å². The first-order valence-electron chi connectivity index (χ1n) is 11.4. The van der Waals surface area contributed by atoms with Gasteiger partial charge in [0, 0.05) is 10.9 Å². The highest BCUT2D eigenvalue weighted by Crippen LogP contribution is 2.51. The molecule has 0 saturated heterocycles. The first kappa shape index (κ1) is 23.8. The van der Waals surface area contributed by atoms with Gasteiger partial charge in [0.1, 0.15) is 0 Å². The molecule has 0 saturated carbocycles. The molecule has 4 rings (SSSR count). The van der Waals surface area contributed by atoms with E-state index >= 15 is 0 Å². The molecule has 2 N–H and O–H groups in total. The number of hydrogen-bond donors (Lipinski definition) is 1. The molecular weight excluding hydrogens is 438 g/mol. The average molecular weight is 468 g/mol. The third-order valence-electron chi connectivity index (χ3n) is 5.89. The fourth-order valence-electron chi connectivity index (χ4n) is 4.24. The van der Waals surface area contributed by atoms with Gasteiger partial charge >= 0.3 is 5.97 Å². The van der Waals surface area contributed by atoms with Crippen LogP contribution in [0.15, 0.2) is 120 Å². The minimum absolute atomic E-state index is 0.214. The molecule has 0 aliphatic heterocycles. The van der Waals surface area contributed by atoms with Gasteiger partial charge in [0.15, 0.2) is 0 Å². The Morgan fingerprint density at radius 1 is 0.765 bits per heavy atom. The van der Waals surface area contributed by atoms with E-state index in [2.05, 4.69) is 115 Å². The highest BCUT2D eigenvalue weighted by atomic mass is 32.2. The van der Waals surface area contributed by atoms with E-state index < -0.39 is 4.75 Å². The van der Waals surface area contributed by atoms with Gasteiger partial charge < -0.3 is 10.5 Å². The monoisotopic (exact) mass is 467 g/mol. The topological polar surface area (TPSA) is 52.3 Å². The molecule has 3 nitrogen and oxygen atoms in total. The molecule has 4 aromatic rings. The van der Waals surface area contributed by atoms with E-state index in [1.54, 1.807) is 0 Å². The van der Waals surface area contributed by atoms with Crippen molar-refractivity contribution in [1.82, 2.24) is 0 Å². The smallest absolute Gasteiger partial charge is 0.307 e. The Bertz CT molecular complexity index is 1080. The van der Waals surface area contributed by atoms with Crippen LogP contribution in [0, 0.1) is 0 Å². The van der Waals surface area contributed by atoms with Gasteiger partial charge in [-0.25, -0.2) is 0 Å². The van der Waals surface area contributed by atoms with E-state index in [-0.39, 0.29) is 18.4 Å². The molecular formula is C30H29NO2S. The lowest BCUT2D eigenvalue weighted by Gasteiger charge is -2.35. The molecule has 0 radical (unpaired) electrons. The van der Waals surface area contributed by atoms with Crippen LogP contribution in [0.5, 0.6) is 0 Å². The number of ether oxygens (including phenoxy) is 1. The zero-order valence-electron chi connectivity index (χ0n) is 19.3. The van der Waals surface area contributed by atoms with Crippen LogP contribution in [0.4, 0.5) is 0 Å². The molecule has 0 heterocycles. The van der Waals surface area contributed by atoms with E-state index in [4.69, 9.17) is 10.5 Å². The Morgan fingerprint density at radius 2 is 1.21 bits per heavy atom. The molecule has 0 unspecified atom stereocenters. The Hall–Kier alpha value is -3.34. The zero-order chi connectivity index (χ0) is 23.8. The van der Waals surface area contributed by atoms with E-state index in [0.29, 0.717) is 6.42 Å². The van der Waals surface area contributed by atoms with Gasteiger partial charge in [-0.1, -0.05) is 103 Å². The highest BCUT2D eigenvalue weighted by Gasteiger charge is 2.37. The molecule has 0 fully saturated rings. The molecule has 34 heavy (non-hydrogen) atoms. The van der Waals surface area contributed by atoms with Gasteiger partial charge in [0.2, 0.25) is 0 Å². The van der Waals surface area contributed by atoms with Crippen LogP contribution >= 0.6 is 11.8 Å². The van der Waals surface area contributed by atoms with Crippen molar-refractivity contribution in [3.05, 3.63) is 138 Å². The zero-order valence-corrected chi connectivity index (χ0v) is 20.1. The number of rotatable bonds is 9. The summed E-state index contributed by atoms with van der Waals surface area (Å²) in [4.78, 5) is 12.7. The second kappa shape index (κ2) is 11.2. The van der Waals surface area contributed by atoms with Crippen LogP contribution in [0.1, 0.15) is 28.7 Å². The van der Waals surface area contributed by atoms with Crippen LogP contribution in [-0.4, -0.2) is 19.1 Å². The van der Waals surface area contributed by atoms with E-state index in [9.17, 15) is 4.79 Å². The number of nitrogens with two attached hydrogens (primary N) is 1. The average Bonchev–Trinajstić information content (AvgIpc) is 2.89. The van der Waals surface area contributed by atoms with Crippen molar-refractivity contribution in [3.8, 4) is 0 Å². The summed E-state index contributed by atoms with van der Waals surface area (Å²) < 4.78 is 4.33. The van der Waals surface area contributed by atoms with Gasteiger partial charge in [0.25, 0.3) is 0 Å². The summed E-state index contributed by atoms with van der Waals surface area (Å²) in [6.45, 7) is 0. The summed E-state index contributed by atoms with van der Waals surface area (Å²) in [5.74, 6) is -0.280. The Balaban J connectivity index is 1.72. The summed E-state index contributed by atoms with van der Waals surface area (Å²) in [6, 6.07) is 40.2. The number of methoxy groups -OCH3 is 1. The van der Waals surface area contributed by atoms with E-state index in [1.807, 2.05) is 11.8 Å². The maximum Gasteiger partial charge on any atom is 0.307 e. The third kappa shape index (κ3) is 5.41. The maximum atomic E-state index is 11.5. The van der Waals surface area contributed by atoms with Gasteiger partial charge in [-0.15, -0.1) is 11.8 Å². The van der Waals surface area contributed by atoms with Crippen molar-refractivity contribution in [2.75, 3.05) is 7.11 Å². The number of carbonyl (C=O) groups excluding carboxylic acids is 1. The second-order valence-corrected chi connectivity index (χ2v) is 9.56. The molecule has 0 spiro atoms. The summed E-state index contributed by atoms with van der Waals surface area (Å²) in [5.41, 5.74) is 10.9. The van der Waals surface area contributed by atoms with E-state index in [1.165, 1.54) is 23.8 Å². The largest absolute Gasteiger partial charge is 0.469 e. The first-order chi connectivity index (χ1) is 16.6. The van der Waals surface area contributed by atoms with Gasteiger partial charge in [-0.2, -0.15) is 0 Å². The molecule has 4 heteroatoms. The molecule has 0 aliphatic rings. The molecule has 0 aromatic heterocycles. The quantitative estimate of drug-likeness (QED) is 0.181. The standard InChI is InChI=1S/C30H29NO2S/c1-33-29(32)22-27(31)21-23-17-19-28(20-18-23)34-30(24-11-5-2-6-12-24,25-13-7-3-8-14-25)26-15-9-4-10-16-26/h2-20,27H,21-22,31H2,1H3/t27-/m0/s1. The van der Waals surface area contributed by atoms with Gasteiger partial charge in [-0.05, 0) is 40.8 Å². The van der Waals surface area contributed by atoms with Crippen molar-refractivity contribution in [1.29, 1.82) is 0 Å². The van der Waals surface area contributed by atoms with Gasteiger partial charge in [-0.3, -0.25) is 4.79 Å². The summed E-state index contributed by atoms with van der Waals surface area (Å²) in [5, 5.41) is 0. The van der Waals surface area contributed by atoms with Crippen LogP contribution < -0.4 is 5.73 Å². The number of esters is 1. The molecule has 0 bridgehead atoms. The van der Waals surface area contributed by atoms with Crippen molar-refractivity contribution in [2.45, 2.75) is 28.5 Å². The lowest BCUT2D eigenvalue weighted by atomic mass is 9.84. The summed E-state index contributed by atoms with van der Waals surface area (Å²) in [7, 11) is 1.39. The summed E-state index contributed by atoms with van der Waals surface area (Å²) in [6.07, 6.45) is 0.841. The Morgan fingerprint density at radius 3 is 1.62 bits per heavy atom. The minimum atomic E-state index is -0.410.